The Morgan fingerprint density at radius 1 is 0.977 bits per heavy atom. The Hall–Kier alpha value is -4.00. The molecule has 3 aromatic carbocycles. The fourth-order valence-electron chi connectivity index (χ4n) is 5.75. The third-order valence-electron chi connectivity index (χ3n) is 8.35. The highest BCUT2D eigenvalue weighted by atomic mass is 32.2. The molecule has 8 nitrogen and oxygen atoms in total. The minimum Gasteiger partial charge on any atom is -0.768 e. The number of aromatic nitrogens is 2. The van der Waals surface area contributed by atoms with Gasteiger partial charge >= 0.3 is 0 Å². The third kappa shape index (κ3) is 6.57. The summed E-state index contributed by atoms with van der Waals surface area (Å²) in [7, 11) is 1.77. The Labute approximate surface area is 255 Å². The molecule has 0 spiro atoms. The van der Waals surface area contributed by atoms with Crippen LogP contribution < -0.4 is 5.56 Å². The predicted molar refractivity (Wildman–Crippen MR) is 159 cm³/mol. The third-order valence-corrected chi connectivity index (χ3v) is 9.01. The Morgan fingerprint density at radius 3 is 2.18 bits per heavy atom. The highest BCUT2D eigenvalue weighted by Crippen LogP contribution is 2.24. The lowest BCUT2D eigenvalue weighted by Gasteiger charge is -2.38. The van der Waals surface area contributed by atoms with Crippen LogP contribution in [0.15, 0.2) is 76.4 Å². The van der Waals surface area contributed by atoms with E-state index in [1.807, 2.05) is 6.92 Å². The molecule has 0 radical (unpaired) electrons. The summed E-state index contributed by atoms with van der Waals surface area (Å²) in [6.45, 7) is 3.25. The van der Waals surface area contributed by atoms with Gasteiger partial charge in [0, 0.05) is 49.9 Å². The summed E-state index contributed by atoms with van der Waals surface area (Å²) in [6.07, 6.45) is 1.62. The maximum Gasteiger partial charge on any atom is 0.276 e. The largest absolute Gasteiger partial charge is 0.768 e. The molecule has 1 unspecified atom stereocenters. The van der Waals surface area contributed by atoms with Gasteiger partial charge in [0.25, 0.3) is 11.5 Å². The van der Waals surface area contributed by atoms with E-state index in [2.05, 4.69) is 4.90 Å². The first-order chi connectivity index (χ1) is 21.0. The topological polar surface area (TPSA) is 90.6 Å². The minimum atomic E-state index is -2.33. The van der Waals surface area contributed by atoms with Crippen LogP contribution in [-0.4, -0.2) is 59.5 Å². The van der Waals surface area contributed by atoms with E-state index < -0.39 is 40.0 Å². The average Bonchev–Trinajstić information content (AvgIpc) is 3.22. The van der Waals surface area contributed by atoms with Gasteiger partial charge in [-0.15, -0.1) is 0 Å². The van der Waals surface area contributed by atoms with Gasteiger partial charge < -0.3 is 9.45 Å². The average molecular weight is 626 g/mol. The maximum atomic E-state index is 14.3. The molecule has 44 heavy (non-hydrogen) atoms. The van der Waals surface area contributed by atoms with Gasteiger partial charge in [-0.2, -0.15) is 0 Å². The molecule has 2 heterocycles. The number of hydrogen-bond donors (Lipinski definition) is 0. The van der Waals surface area contributed by atoms with Crippen molar-refractivity contribution in [3.05, 3.63) is 117 Å². The van der Waals surface area contributed by atoms with Gasteiger partial charge in [0.05, 0.1) is 11.3 Å². The Bertz CT molecular complexity index is 1710. The Morgan fingerprint density at radius 2 is 1.59 bits per heavy atom. The summed E-state index contributed by atoms with van der Waals surface area (Å²) in [4.78, 5) is 30.5. The van der Waals surface area contributed by atoms with E-state index in [4.69, 9.17) is 0 Å². The number of halogens is 3. The molecule has 1 aliphatic heterocycles. The van der Waals surface area contributed by atoms with Crippen molar-refractivity contribution in [2.75, 3.05) is 19.6 Å². The lowest BCUT2D eigenvalue weighted by atomic mass is 10.00. The van der Waals surface area contributed by atoms with Gasteiger partial charge in [-0.05, 0) is 91.4 Å². The van der Waals surface area contributed by atoms with Crippen LogP contribution in [0.4, 0.5) is 13.2 Å². The zero-order valence-corrected chi connectivity index (χ0v) is 25.2. The van der Waals surface area contributed by atoms with Crippen molar-refractivity contribution in [3.8, 4) is 5.69 Å². The van der Waals surface area contributed by atoms with E-state index in [-0.39, 0.29) is 29.6 Å². The number of hydrogen-bond acceptors (Lipinski definition) is 5. The van der Waals surface area contributed by atoms with Crippen molar-refractivity contribution in [3.63, 3.8) is 0 Å². The molecule has 0 saturated carbocycles. The first-order valence-electron chi connectivity index (χ1n) is 14.2. The molecule has 1 aliphatic rings. The second kappa shape index (κ2) is 13.3. The monoisotopic (exact) mass is 625 g/mol. The van der Waals surface area contributed by atoms with E-state index in [9.17, 15) is 31.5 Å². The molecule has 0 N–H and O–H groups in total. The van der Waals surface area contributed by atoms with E-state index in [0.29, 0.717) is 43.6 Å². The summed E-state index contributed by atoms with van der Waals surface area (Å²) in [5.74, 6) is -2.90. The van der Waals surface area contributed by atoms with E-state index >= 15 is 0 Å². The highest BCUT2D eigenvalue weighted by Gasteiger charge is 2.31. The fraction of sp³-hybridized carbons (Fsp3) is 0.312. The quantitative estimate of drug-likeness (QED) is 0.256. The lowest BCUT2D eigenvalue weighted by molar-refractivity contribution is 0.0599. The number of likely N-dealkylation sites (tertiary alicyclic amines) is 1. The van der Waals surface area contributed by atoms with Crippen LogP contribution in [0.3, 0.4) is 0 Å². The maximum absolute atomic E-state index is 14.3. The van der Waals surface area contributed by atoms with E-state index in [0.717, 1.165) is 23.4 Å². The summed E-state index contributed by atoms with van der Waals surface area (Å²) in [5, 5.41) is 0. The molecular formula is C32H32F3N4O4S-. The molecule has 232 valence electrons. The number of benzene rings is 3. The summed E-state index contributed by atoms with van der Waals surface area (Å²) in [5.41, 5.74) is 1.97. The number of carbonyl (C=O) groups is 1. The second-order valence-corrected chi connectivity index (χ2v) is 11.8. The molecular weight excluding hydrogens is 593 g/mol. The van der Waals surface area contributed by atoms with E-state index in [1.165, 1.54) is 39.9 Å². The van der Waals surface area contributed by atoms with Crippen molar-refractivity contribution in [1.29, 1.82) is 0 Å². The number of nitrogens with zero attached hydrogens (tertiary/aromatic N) is 4. The first-order valence-corrected chi connectivity index (χ1v) is 15.3. The molecule has 1 fully saturated rings. The van der Waals surface area contributed by atoms with Crippen molar-refractivity contribution in [1.82, 2.24) is 19.2 Å². The molecule has 1 atom stereocenters. The Kier molecular flexibility index (Phi) is 9.52. The summed E-state index contributed by atoms with van der Waals surface area (Å²) >= 11 is -2.33. The van der Waals surface area contributed by atoms with Crippen LogP contribution in [-0.2, 0) is 31.1 Å². The summed E-state index contributed by atoms with van der Waals surface area (Å²) < 4.78 is 68.0. The van der Waals surface area contributed by atoms with Gasteiger partial charge in [-0.3, -0.25) is 23.4 Å². The number of piperidine rings is 1. The number of amides is 1. The fourth-order valence-corrected chi connectivity index (χ4v) is 6.11. The van der Waals surface area contributed by atoms with E-state index in [1.54, 1.807) is 36.0 Å². The minimum absolute atomic E-state index is 0.0452. The zero-order valence-electron chi connectivity index (χ0n) is 24.3. The molecule has 1 saturated heterocycles. The van der Waals surface area contributed by atoms with Crippen molar-refractivity contribution >= 4 is 17.0 Å². The molecule has 5 rings (SSSR count). The normalized spacial score (nSPS) is 14.8. The van der Waals surface area contributed by atoms with Crippen LogP contribution in [0.25, 0.3) is 5.69 Å². The molecule has 12 heteroatoms. The lowest BCUT2D eigenvalue weighted by Crippen LogP contribution is -2.47. The SMILES string of the molecule is Cc1c(CN(CCc2ccc(S(=O)[O-])cc2)C2CCN(C(=O)c3c(F)cccc3F)CC2)c(=O)n(-c2ccc(F)cc2)n1C. The number of rotatable bonds is 9. The van der Waals surface area contributed by atoms with Gasteiger partial charge in [0.2, 0.25) is 0 Å². The summed E-state index contributed by atoms with van der Waals surface area (Å²) in [6, 6.07) is 15.6. The Balaban J connectivity index is 1.38. The second-order valence-electron chi connectivity index (χ2n) is 10.9. The van der Waals surface area contributed by atoms with Crippen LogP contribution in [0.1, 0.15) is 40.0 Å². The van der Waals surface area contributed by atoms with Crippen molar-refractivity contribution in [2.45, 2.75) is 43.7 Å². The van der Waals surface area contributed by atoms with Gasteiger partial charge in [0.15, 0.2) is 0 Å². The smallest absolute Gasteiger partial charge is 0.276 e. The van der Waals surface area contributed by atoms with Gasteiger partial charge in [-0.1, -0.05) is 18.2 Å². The predicted octanol–water partition coefficient (Wildman–Crippen LogP) is 4.49. The van der Waals surface area contributed by atoms with Crippen LogP contribution in [0, 0.1) is 24.4 Å². The van der Waals surface area contributed by atoms with Crippen LogP contribution >= 0.6 is 0 Å². The van der Waals surface area contributed by atoms with Gasteiger partial charge in [0.1, 0.15) is 23.0 Å². The highest BCUT2D eigenvalue weighted by molar-refractivity contribution is 7.79. The van der Waals surface area contributed by atoms with Crippen LogP contribution in [0.5, 0.6) is 0 Å². The molecule has 0 aliphatic carbocycles. The van der Waals surface area contributed by atoms with Crippen molar-refractivity contribution < 1.29 is 26.7 Å². The first kappa shape index (κ1) is 31.4. The number of carbonyl (C=O) groups excluding carboxylic acids is 1. The van der Waals surface area contributed by atoms with Crippen LogP contribution in [0.2, 0.25) is 0 Å². The zero-order chi connectivity index (χ0) is 31.5. The van der Waals surface area contributed by atoms with Gasteiger partial charge in [-0.25, -0.2) is 17.9 Å². The molecule has 1 aromatic heterocycles. The van der Waals surface area contributed by atoms with Crippen molar-refractivity contribution in [2.24, 2.45) is 7.05 Å². The molecule has 0 bridgehead atoms. The standard InChI is InChI=1S/C32H33F3N4O4S/c1-21-27(31(40)39(36(21)2)25-10-8-23(33)9-11-25)20-38(17-14-22-6-12-26(13-7-22)44(42)43)24-15-18-37(19-16-24)32(41)30-28(34)4-3-5-29(30)35/h3-13,24H,14-20H2,1-2H3,(H,42,43)/p-1. The molecule has 1 amide bonds. The molecule has 4 aromatic rings.